The van der Waals surface area contributed by atoms with Crippen molar-refractivity contribution in [3.05, 3.63) is 168 Å². The third kappa shape index (κ3) is 4.74. The molecule has 0 aliphatic rings. The minimum Gasteiger partial charge on any atom is -0.310 e. The molecule has 0 saturated heterocycles. The van der Waals surface area contributed by atoms with Gasteiger partial charge in [0.1, 0.15) is 0 Å². The van der Waals surface area contributed by atoms with Crippen molar-refractivity contribution in [1.82, 2.24) is 0 Å². The van der Waals surface area contributed by atoms with Crippen molar-refractivity contribution < 1.29 is 0 Å². The van der Waals surface area contributed by atoms with E-state index >= 15 is 0 Å². The van der Waals surface area contributed by atoms with Gasteiger partial charge in [-0.1, -0.05) is 84.9 Å². The van der Waals surface area contributed by atoms with Crippen molar-refractivity contribution in [2.75, 3.05) is 9.80 Å². The summed E-state index contributed by atoms with van der Waals surface area (Å²) >= 11 is 0. The van der Waals surface area contributed by atoms with Gasteiger partial charge in [0.15, 0.2) is 0 Å². The lowest BCUT2D eigenvalue weighted by atomic mass is 9.91. The van der Waals surface area contributed by atoms with Gasteiger partial charge < -0.3 is 9.80 Å². The van der Waals surface area contributed by atoms with E-state index in [0.717, 1.165) is 11.4 Å². The molecule has 0 amide bonds. The molecule has 0 saturated carbocycles. The Kier molecular flexibility index (Phi) is 6.73. The number of rotatable bonds is 6. The summed E-state index contributed by atoms with van der Waals surface area (Å²) in [4.78, 5) is 4.83. The molecule has 0 heterocycles. The molecule has 8 aromatic rings. The van der Waals surface area contributed by atoms with E-state index in [4.69, 9.17) is 0 Å². The third-order valence-corrected chi connectivity index (χ3v) is 9.06. The van der Waals surface area contributed by atoms with Crippen LogP contribution in [0, 0.1) is 27.7 Å². The Balaban J connectivity index is 1.42. The Hall–Kier alpha value is -5.60. The van der Waals surface area contributed by atoms with Crippen molar-refractivity contribution in [2.45, 2.75) is 27.7 Å². The van der Waals surface area contributed by atoms with Crippen LogP contribution in [0.1, 0.15) is 22.3 Å². The average Bonchev–Trinajstić information content (AvgIpc) is 3.05. The van der Waals surface area contributed by atoms with Crippen LogP contribution in [0.3, 0.4) is 0 Å². The highest BCUT2D eigenvalue weighted by Gasteiger charge is 2.22. The highest BCUT2D eigenvalue weighted by Crippen LogP contribution is 2.47. The second-order valence-electron chi connectivity index (χ2n) is 12.6. The zero-order valence-corrected chi connectivity index (χ0v) is 26.8. The van der Waals surface area contributed by atoms with E-state index in [1.54, 1.807) is 0 Å². The lowest BCUT2D eigenvalue weighted by molar-refractivity contribution is 1.26. The smallest absolute Gasteiger partial charge is 0.0540 e. The molecule has 0 spiro atoms. The zero-order valence-electron chi connectivity index (χ0n) is 26.8. The van der Waals surface area contributed by atoms with E-state index in [9.17, 15) is 0 Å². The van der Waals surface area contributed by atoms with E-state index in [1.165, 1.54) is 77.3 Å². The van der Waals surface area contributed by atoms with E-state index < -0.39 is 0 Å². The predicted molar refractivity (Wildman–Crippen MR) is 198 cm³/mol. The van der Waals surface area contributed by atoms with Crippen LogP contribution in [0.5, 0.6) is 0 Å². The van der Waals surface area contributed by atoms with Crippen molar-refractivity contribution in [2.24, 2.45) is 0 Å². The number of anilines is 6. The van der Waals surface area contributed by atoms with Crippen LogP contribution in [0.2, 0.25) is 0 Å². The summed E-state index contributed by atoms with van der Waals surface area (Å²) in [6.07, 6.45) is 0. The fourth-order valence-electron chi connectivity index (χ4n) is 7.33. The molecular weight excluding hydrogens is 556 g/mol. The minimum absolute atomic E-state index is 1.15. The number of aryl methyl sites for hydroxylation is 4. The molecule has 2 nitrogen and oxygen atoms in total. The first-order valence-electron chi connectivity index (χ1n) is 16.0. The Labute approximate surface area is 271 Å². The number of hydrogen-bond acceptors (Lipinski definition) is 2. The molecule has 0 atom stereocenters. The van der Waals surface area contributed by atoms with Gasteiger partial charge in [0.05, 0.1) is 11.4 Å². The van der Waals surface area contributed by atoms with Crippen LogP contribution in [0.15, 0.2) is 146 Å². The summed E-state index contributed by atoms with van der Waals surface area (Å²) in [7, 11) is 0. The molecular formula is C44H36N2. The van der Waals surface area contributed by atoms with Gasteiger partial charge in [-0.3, -0.25) is 0 Å². The van der Waals surface area contributed by atoms with Crippen LogP contribution < -0.4 is 9.80 Å². The number of hydrogen-bond donors (Lipinski definition) is 0. The molecule has 0 N–H and O–H groups in total. The molecule has 8 aromatic carbocycles. The van der Waals surface area contributed by atoms with Gasteiger partial charge in [0.25, 0.3) is 0 Å². The van der Waals surface area contributed by atoms with E-state index in [0.29, 0.717) is 0 Å². The summed E-state index contributed by atoms with van der Waals surface area (Å²) < 4.78 is 0. The molecule has 2 heteroatoms. The largest absolute Gasteiger partial charge is 0.310 e. The molecule has 0 bridgehead atoms. The first kappa shape index (κ1) is 27.9. The Bertz CT molecular complexity index is 2150. The molecule has 46 heavy (non-hydrogen) atoms. The number of nitrogens with zero attached hydrogens (tertiary/aromatic N) is 2. The summed E-state index contributed by atoms with van der Waals surface area (Å²) in [6.45, 7) is 8.72. The molecule has 0 aliphatic heterocycles. The lowest BCUT2D eigenvalue weighted by Crippen LogP contribution is -2.12. The highest BCUT2D eigenvalue weighted by atomic mass is 15.1. The Morgan fingerprint density at radius 1 is 0.326 bits per heavy atom. The summed E-state index contributed by atoms with van der Waals surface area (Å²) in [5, 5.41) is 7.59. The van der Waals surface area contributed by atoms with Crippen molar-refractivity contribution in [3.63, 3.8) is 0 Å². The first-order valence-corrected chi connectivity index (χ1v) is 16.0. The zero-order chi connectivity index (χ0) is 31.4. The van der Waals surface area contributed by atoms with Crippen LogP contribution in [0.25, 0.3) is 32.3 Å². The predicted octanol–water partition coefficient (Wildman–Crippen LogP) is 12.8. The molecule has 0 radical (unpaired) electrons. The number of para-hydroxylation sites is 2. The van der Waals surface area contributed by atoms with Gasteiger partial charge in [-0.05, 0) is 132 Å². The van der Waals surface area contributed by atoms with Gasteiger partial charge in [-0.25, -0.2) is 0 Å². The van der Waals surface area contributed by atoms with Gasteiger partial charge in [-0.15, -0.1) is 0 Å². The molecule has 0 aromatic heterocycles. The maximum absolute atomic E-state index is 2.42. The first-order chi connectivity index (χ1) is 22.4. The average molecular weight is 593 g/mol. The van der Waals surface area contributed by atoms with E-state index in [-0.39, 0.29) is 0 Å². The fourth-order valence-corrected chi connectivity index (χ4v) is 7.33. The maximum atomic E-state index is 2.42. The summed E-state index contributed by atoms with van der Waals surface area (Å²) in [5.41, 5.74) is 12.0. The molecule has 222 valence electrons. The fraction of sp³-hybridized carbons (Fsp3) is 0.0909. The lowest BCUT2D eigenvalue weighted by Gasteiger charge is -2.30. The normalized spacial score (nSPS) is 11.5. The van der Waals surface area contributed by atoms with Crippen LogP contribution >= 0.6 is 0 Å². The van der Waals surface area contributed by atoms with E-state index in [2.05, 4.69) is 183 Å². The standard InChI is InChI=1S/C44H36N2/c1-29-23-30(2)26-37(25-29)45(35-11-7-5-8-12-35)41-21-17-33-16-20-40-42(22-18-34-15-19-39(41)43(33)44(34)40)46(36-13-9-6-10-14-36)38-27-31(3)24-32(4)28-38/h5-28H,1-4H3. The van der Waals surface area contributed by atoms with Crippen LogP contribution in [-0.2, 0) is 0 Å². The Morgan fingerprint density at radius 3 is 1.04 bits per heavy atom. The molecule has 0 aliphatic carbocycles. The van der Waals surface area contributed by atoms with Crippen molar-refractivity contribution in [1.29, 1.82) is 0 Å². The van der Waals surface area contributed by atoms with Crippen LogP contribution in [0.4, 0.5) is 34.1 Å². The van der Waals surface area contributed by atoms with Crippen LogP contribution in [-0.4, -0.2) is 0 Å². The van der Waals surface area contributed by atoms with Gasteiger partial charge >= 0.3 is 0 Å². The van der Waals surface area contributed by atoms with Gasteiger partial charge in [-0.2, -0.15) is 0 Å². The second kappa shape index (κ2) is 11.1. The Morgan fingerprint density at radius 2 is 0.674 bits per heavy atom. The highest BCUT2D eigenvalue weighted by molar-refractivity contribution is 6.28. The minimum atomic E-state index is 1.15. The molecule has 0 unspecified atom stereocenters. The van der Waals surface area contributed by atoms with Gasteiger partial charge in [0.2, 0.25) is 0 Å². The third-order valence-electron chi connectivity index (χ3n) is 9.06. The van der Waals surface area contributed by atoms with Crippen molar-refractivity contribution >= 4 is 66.4 Å². The maximum Gasteiger partial charge on any atom is 0.0540 e. The number of benzene rings is 8. The monoisotopic (exact) mass is 592 g/mol. The second-order valence-corrected chi connectivity index (χ2v) is 12.6. The SMILES string of the molecule is Cc1cc(C)cc(N(c2ccccc2)c2ccc3ccc4c(N(c5ccccc5)c5cc(C)cc(C)c5)ccc5ccc2c3c54)c1. The summed E-state index contributed by atoms with van der Waals surface area (Å²) in [5.74, 6) is 0. The summed E-state index contributed by atoms with van der Waals surface area (Å²) in [6, 6.07) is 53.5. The van der Waals surface area contributed by atoms with E-state index in [1.807, 2.05) is 0 Å². The molecule has 8 rings (SSSR count). The quantitative estimate of drug-likeness (QED) is 0.177. The van der Waals surface area contributed by atoms with Crippen molar-refractivity contribution in [3.8, 4) is 0 Å². The topological polar surface area (TPSA) is 6.48 Å². The van der Waals surface area contributed by atoms with Gasteiger partial charge in [0, 0.05) is 33.5 Å². The molecule has 0 fully saturated rings.